The molecule has 0 aliphatic heterocycles. The molecule has 56 valence electrons. The van der Waals surface area contributed by atoms with E-state index in [1.807, 2.05) is 13.8 Å². The summed E-state index contributed by atoms with van der Waals surface area (Å²) in [6.45, 7) is 4.50. The van der Waals surface area contributed by atoms with E-state index in [0.717, 1.165) is 12.8 Å². The Bertz CT molecular complexity index is 19.0. The zero-order valence-corrected chi connectivity index (χ0v) is 8.68. The van der Waals surface area contributed by atoms with Crippen molar-refractivity contribution in [2.24, 2.45) is 0 Å². The van der Waals surface area contributed by atoms with Crippen molar-refractivity contribution in [1.82, 2.24) is 0 Å². The maximum Gasteiger partial charge on any atom is 0.0428 e. The van der Waals surface area contributed by atoms with Crippen molar-refractivity contribution < 1.29 is 36.4 Å². The molecule has 0 aromatic heterocycles. The molecule has 0 radical (unpaired) electrons. The summed E-state index contributed by atoms with van der Waals surface area (Å²) >= 11 is 0. The average molecular weight is 211 g/mol. The Kier molecular flexibility index (Phi) is 42.4. The van der Waals surface area contributed by atoms with Crippen molar-refractivity contribution in [3.05, 3.63) is 0 Å². The molecule has 3 heteroatoms. The summed E-state index contributed by atoms with van der Waals surface area (Å²) in [4.78, 5) is 0. The summed E-state index contributed by atoms with van der Waals surface area (Å²) in [6.07, 6.45) is 1.75. The maximum absolute atomic E-state index is 7.88. The third-order valence-corrected chi connectivity index (χ3v) is 0.447. The molecule has 0 fully saturated rings. The van der Waals surface area contributed by atoms with Crippen molar-refractivity contribution in [3.8, 4) is 0 Å². The Morgan fingerprint density at radius 1 is 0.889 bits per heavy atom. The minimum atomic E-state index is 0. The van der Waals surface area contributed by atoms with Gasteiger partial charge in [0.15, 0.2) is 0 Å². The fourth-order valence-electron chi connectivity index (χ4n) is 0. The first-order valence-corrected chi connectivity index (χ1v) is 3.05. The number of hydrogen-bond donors (Lipinski definition) is 2. The zero-order chi connectivity index (χ0) is 6.83. The molecule has 0 spiro atoms. The van der Waals surface area contributed by atoms with Crippen LogP contribution in [0.15, 0.2) is 0 Å². The second-order valence-electron chi connectivity index (χ2n) is 1.45. The molecule has 0 unspecified atom stereocenters. The molecule has 0 aromatic rings. The molecule has 0 bridgehead atoms. The average Bonchev–Trinajstić information content (AvgIpc) is 1.88. The third kappa shape index (κ3) is 51.9. The molecular formula is C6H16O2Zr. The second-order valence-corrected chi connectivity index (χ2v) is 1.45. The third-order valence-electron chi connectivity index (χ3n) is 0.447. The van der Waals surface area contributed by atoms with Crippen LogP contribution >= 0.6 is 0 Å². The topological polar surface area (TPSA) is 40.5 Å². The van der Waals surface area contributed by atoms with Crippen molar-refractivity contribution >= 4 is 0 Å². The molecule has 0 heterocycles. The van der Waals surface area contributed by atoms with Crippen LogP contribution < -0.4 is 0 Å². The van der Waals surface area contributed by atoms with Crippen LogP contribution in [0.4, 0.5) is 0 Å². The Labute approximate surface area is 76.4 Å². The van der Waals surface area contributed by atoms with E-state index in [9.17, 15) is 0 Å². The minimum absolute atomic E-state index is 0. The van der Waals surface area contributed by atoms with Crippen LogP contribution in [-0.4, -0.2) is 23.4 Å². The molecule has 0 aromatic carbocycles. The van der Waals surface area contributed by atoms with Gasteiger partial charge in [0.1, 0.15) is 0 Å². The van der Waals surface area contributed by atoms with E-state index in [0.29, 0.717) is 13.2 Å². The first-order chi connectivity index (χ1) is 3.83. The molecule has 0 aliphatic rings. The van der Waals surface area contributed by atoms with Crippen LogP contribution in [0.3, 0.4) is 0 Å². The van der Waals surface area contributed by atoms with Gasteiger partial charge in [-0.05, 0) is 12.8 Å². The fraction of sp³-hybridized carbons (Fsp3) is 1.00. The summed E-state index contributed by atoms with van der Waals surface area (Å²) in [7, 11) is 0. The monoisotopic (exact) mass is 210 g/mol. The van der Waals surface area contributed by atoms with E-state index < -0.39 is 0 Å². The normalized spacial score (nSPS) is 6.67. The SMILES string of the molecule is CCCO.CCCO.[Zr]. The van der Waals surface area contributed by atoms with Gasteiger partial charge in [0.05, 0.1) is 0 Å². The smallest absolute Gasteiger partial charge is 0.0428 e. The van der Waals surface area contributed by atoms with Gasteiger partial charge in [-0.25, -0.2) is 0 Å². The Balaban J connectivity index is -0.0000000720. The van der Waals surface area contributed by atoms with Crippen LogP contribution in [0.25, 0.3) is 0 Å². The molecule has 0 saturated carbocycles. The van der Waals surface area contributed by atoms with Gasteiger partial charge in [-0.15, -0.1) is 0 Å². The van der Waals surface area contributed by atoms with Gasteiger partial charge in [-0.3, -0.25) is 0 Å². The van der Waals surface area contributed by atoms with Gasteiger partial charge in [0.25, 0.3) is 0 Å². The van der Waals surface area contributed by atoms with Crippen LogP contribution in [0.5, 0.6) is 0 Å². The molecule has 2 nitrogen and oxygen atoms in total. The predicted octanol–water partition coefficient (Wildman–Crippen LogP) is 0.775. The minimum Gasteiger partial charge on any atom is -0.396 e. The largest absolute Gasteiger partial charge is 0.396 e. The summed E-state index contributed by atoms with van der Waals surface area (Å²) < 4.78 is 0. The quantitative estimate of drug-likeness (QED) is 0.708. The van der Waals surface area contributed by atoms with E-state index >= 15 is 0 Å². The Hall–Kier alpha value is 0.803. The molecule has 9 heavy (non-hydrogen) atoms. The van der Waals surface area contributed by atoms with E-state index in [2.05, 4.69) is 0 Å². The van der Waals surface area contributed by atoms with Gasteiger partial charge >= 0.3 is 0 Å². The second kappa shape index (κ2) is 23.2. The maximum atomic E-state index is 7.88. The van der Waals surface area contributed by atoms with Crippen LogP contribution in [0.2, 0.25) is 0 Å². The number of rotatable bonds is 2. The summed E-state index contributed by atoms with van der Waals surface area (Å²) in [6, 6.07) is 0. The molecule has 0 saturated heterocycles. The van der Waals surface area contributed by atoms with Crippen LogP contribution in [0, 0.1) is 0 Å². The van der Waals surface area contributed by atoms with Gasteiger partial charge in [-0.2, -0.15) is 0 Å². The molecular weight excluding hydrogens is 195 g/mol. The standard InChI is InChI=1S/2C3H8O.Zr/c2*1-2-3-4;/h2*4H,2-3H2,1H3;. The van der Waals surface area contributed by atoms with Crippen molar-refractivity contribution in [1.29, 1.82) is 0 Å². The van der Waals surface area contributed by atoms with E-state index in [1.165, 1.54) is 0 Å². The van der Waals surface area contributed by atoms with Crippen molar-refractivity contribution in [2.45, 2.75) is 26.7 Å². The molecule has 0 aliphatic carbocycles. The first-order valence-electron chi connectivity index (χ1n) is 3.05. The summed E-state index contributed by atoms with van der Waals surface area (Å²) in [5.74, 6) is 0. The fourth-order valence-corrected chi connectivity index (χ4v) is 0. The van der Waals surface area contributed by atoms with Crippen LogP contribution in [-0.2, 0) is 26.2 Å². The predicted molar refractivity (Wildman–Crippen MR) is 34.8 cm³/mol. The van der Waals surface area contributed by atoms with E-state index in [4.69, 9.17) is 10.2 Å². The molecule has 0 rings (SSSR count). The van der Waals surface area contributed by atoms with Gasteiger partial charge in [0.2, 0.25) is 0 Å². The van der Waals surface area contributed by atoms with Crippen molar-refractivity contribution in [2.75, 3.05) is 13.2 Å². The molecule has 0 amide bonds. The summed E-state index contributed by atoms with van der Waals surface area (Å²) in [5.41, 5.74) is 0. The van der Waals surface area contributed by atoms with Gasteiger partial charge in [0, 0.05) is 39.4 Å². The Morgan fingerprint density at radius 3 is 1.00 bits per heavy atom. The first kappa shape index (κ1) is 16.4. The van der Waals surface area contributed by atoms with Gasteiger partial charge < -0.3 is 10.2 Å². The number of aliphatic hydroxyl groups excluding tert-OH is 2. The van der Waals surface area contributed by atoms with Crippen LogP contribution in [0.1, 0.15) is 26.7 Å². The van der Waals surface area contributed by atoms with E-state index in [-0.39, 0.29) is 26.2 Å². The van der Waals surface area contributed by atoms with E-state index in [1.54, 1.807) is 0 Å². The summed E-state index contributed by atoms with van der Waals surface area (Å²) in [5, 5.41) is 15.8. The zero-order valence-electron chi connectivity index (χ0n) is 6.22. The van der Waals surface area contributed by atoms with Crippen molar-refractivity contribution in [3.63, 3.8) is 0 Å². The number of hydrogen-bond acceptors (Lipinski definition) is 2. The Morgan fingerprint density at radius 2 is 1.00 bits per heavy atom. The molecule has 2 N–H and O–H groups in total. The molecule has 0 atom stereocenters. The van der Waals surface area contributed by atoms with Gasteiger partial charge in [-0.1, -0.05) is 13.8 Å². The number of aliphatic hydroxyl groups is 2.